The van der Waals surface area contributed by atoms with Crippen LogP contribution in [0.25, 0.3) is 0 Å². The predicted octanol–water partition coefficient (Wildman–Crippen LogP) is 5.93. The molecule has 1 aliphatic rings. The Morgan fingerprint density at radius 3 is 2.00 bits per heavy atom. The number of carbonyl (C=O) groups excluding carboxylic acids is 1. The van der Waals surface area contributed by atoms with E-state index in [1.165, 1.54) is 5.56 Å². The summed E-state index contributed by atoms with van der Waals surface area (Å²) in [6, 6.07) is 27.9. The van der Waals surface area contributed by atoms with Crippen LogP contribution in [0.3, 0.4) is 0 Å². The average Bonchev–Trinajstić information content (AvgIpc) is 2.80. The maximum absolute atomic E-state index is 12.7. The Hall–Kier alpha value is -2.91. The first-order valence-corrected chi connectivity index (χ1v) is 10.4. The van der Waals surface area contributed by atoms with Crippen molar-refractivity contribution in [2.75, 3.05) is 13.1 Å². The molecule has 1 saturated heterocycles. The molecular formula is C26H27NO2. The summed E-state index contributed by atoms with van der Waals surface area (Å²) in [6.07, 6.45) is 2.15. The van der Waals surface area contributed by atoms with Crippen LogP contribution in [0.1, 0.15) is 41.6 Å². The number of Topliss-reactive ketones (excluding diaryl/α,β-unsaturated/α-hetero) is 1. The monoisotopic (exact) mass is 385 g/mol. The van der Waals surface area contributed by atoms with Gasteiger partial charge in [-0.15, -0.1) is 0 Å². The van der Waals surface area contributed by atoms with E-state index in [0.29, 0.717) is 5.92 Å². The van der Waals surface area contributed by atoms with Gasteiger partial charge in [-0.05, 0) is 68.6 Å². The van der Waals surface area contributed by atoms with Crippen LogP contribution < -0.4 is 4.74 Å². The Kier molecular flexibility index (Phi) is 6.06. The number of para-hydroxylation sites is 1. The number of hydrogen-bond donors (Lipinski definition) is 0. The van der Waals surface area contributed by atoms with E-state index in [2.05, 4.69) is 29.2 Å². The second-order valence-electron chi connectivity index (χ2n) is 7.70. The molecule has 3 heteroatoms. The van der Waals surface area contributed by atoms with Gasteiger partial charge in [-0.25, -0.2) is 0 Å². The summed E-state index contributed by atoms with van der Waals surface area (Å²) in [5.41, 5.74) is 2.16. The fourth-order valence-electron chi connectivity index (χ4n) is 4.06. The van der Waals surface area contributed by atoms with Crippen LogP contribution in [0, 0.1) is 0 Å². The van der Waals surface area contributed by atoms with Crippen LogP contribution >= 0.6 is 0 Å². The van der Waals surface area contributed by atoms with E-state index in [0.717, 1.165) is 43.0 Å². The molecule has 3 aromatic carbocycles. The molecule has 1 unspecified atom stereocenters. The Morgan fingerprint density at radius 1 is 0.828 bits per heavy atom. The van der Waals surface area contributed by atoms with Gasteiger partial charge in [0.2, 0.25) is 0 Å². The first kappa shape index (κ1) is 19.4. The van der Waals surface area contributed by atoms with Crippen LogP contribution in [-0.2, 0) is 0 Å². The number of ketones is 1. The zero-order chi connectivity index (χ0) is 20.1. The largest absolute Gasteiger partial charge is 0.457 e. The van der Waals surface area contributed by atoms with Crippen LogP contribution in [0.2, 0.25) is 0 Å². The average molecular weight is 386 g/mol. The molecule has 0 saturated carbocycles. The van der Waals surface area contributed by atoms with Crippen LogP contribution in [-0.4, -0.2) is 29.8 Å². The number of rotatable bonds is 6. The smallest absolute Gasteiger partial charge is 0.179 e. The number of carbonyl (C=O) groups is 1. The van der Waals surface area contributed by atoms with E-state index in [9.17, 15) is 4.79 Å². The summed E-state index contributed by atoms with van der Waals surface area (Å²) < 4.78 is 5.89. The molecule has 148 valence electrons. The Balaban J connectivity index is 1.33. The summed E-state index contributed by atoms with van der Waals surface area (Å²) in [7, 11) is 0. The Bertz CT molecular complexity index is 914. The quantitative estimate of drug-likeness (QED) is 0.493. The third-order valence-corrected chi connectivity index (χ3v) is 5.85. The van der Waals surface area contributed by atoms with Crippen molar-refractivity contribution in [2.24, 2.45) is 0 Å². The topological polar surface area (TPSA) is 29.5 Å². The molecule has 29 heavy (non-hydrogen) atoms. The Labute approximate surface area is 172 Å². The van der Waals surface area contributed by atoms with E-state index < -0.39 is 0 Å². The summed E-state index contributed by atoms with van der Waals surface area (Å²) in [5.74, 6) is 2.47. The lowest BCUT2D eigenvalue weighted by molar-refractivity contribution is 0.0797. The van der Waals surface area contributed by atoms with Gasteiger partial charge in [0.15, 0.2) is 5.78 Å². The van der Waals surface area contributed by atoms with Gasteiger partial charge in [0, 0.05) is 5.56 Å². The number of likely N-dealkylation sites (tertiary alicyclic amines) is 1. The molecule has 0 N–H and O–H groups in total. The van der Waals surface area contributed by atoms with E-state index in [1.54, 1.807) is 0 Å². The summed E-state index contributed by atoms with van der Waals surface area (Å²) >= 11 is 0. The highest BCUT2D eigenvalue weighted by molar-refractivity contribution is 5.99. The predicted molar refractivity (Wildman–Crippen MR) is 117 cm³/mol. The molecule has 1 fully saturated rings. The summed E-state index contributed by atoms with van der Waals surface area (Å²) in [6.45, 7) is 3.94. The van der Waals surface area contributed by atoms with E-state index in [-0.39, 0.29) is 11.8 Å². The molecule has 0 aliphatic carbocycles. The normalized spacial score (nSPS) is 16.3. The molecule has 0 bridgehead atoms. The summed E-state index contributed by atoms with van der Waals surface area (Å²) in [4.78, 5) is 15.0. The zero-order valence-corrected chi connectivity index (χ0v) is 16.8. The summed E-state index contributed by atoms with van der Waals surface area (Å²) in [5, 5.41) is 0. The number of piperidine rings is 1. The van der Waals surface area contributed by atoms with Crippen molar-refractivity contribution in [3.63, 3.8) is 0 Å². The second-order valence-corrected chi connectivity index (χ2v) is 7.70. The minimum atomic E-state index is -0.0694. The van der Waals surface area contributed by atoms with Crippen LogP contribution in [0.4, 0.5) is 0 Å². The zero-order valence-electron chi connectivity index (χ0n) is 16.8. The van der Waals surface area contributed by atoms with Crippen LogP contribution in [0.15, 0.2) is 84.9 Å². The second kappa shape index (κ2) is 9.06. The molecule has 3 aromatic rings. The lowest BCUT2D eigenvalue weighted by Gasteiger charge is -2.35. The van der Waals surface area contributed by atoms with Gasteiger partial charge < -0.3 is 4.74 Å². The third kappa shape index (κ3) is 4.75. The van der Waals surface area contributed by atoms with E-state index in [4.69, 9.17) is 4.74 Å². The number of benzene rings is 3. The maximum atomic E-state index is 12.7. The number of nitrogens with zero attached hydrogens (tertiary/aromatic N) is 1. The Morgan fingerprint density at radius 2 is 1.38 bits per heavy atom. The van der Waals surface area contributed by atoms with E-state index >= 15 is 0 Å². The highest BCUT2D eigenvalue weighted by atomic mass is 16.5. The van der Waals surface area contributed by atoms with Crippen LogP contribution in [0.5, 0.6) is 11.5 Å². The lowest BCUT2D eigenvalue weighted by atomic mass is 9.88. The fourth-order valence-corrected chi connectivity index (χ4v) is 4.06. The van der Waals surface area contributed by atoms with Gasteiger partial charge in [-0.2, -0.15) is 0 Å². The van der Waals surface area contributed by atoms with Gasteiger partial charge in [0.25, 0.3) is 0 Å². The number of hydrogen-bond acceptors (Lipinski definition) is 3. The molecular weight excluding hydrogens is 358 g/mol. The molecule has 0 amide bonds. The van der Waals surface area contributed by atoms with Gasteiger partial charge >= 0.3 is 0 Å². The van der Waals surface area contributed by atoms with Crippen molar-refractivity contribution in [1.82, 2.24) is 4.90 Å². The molecule has 1 aliphatic heterocycles. The van der Waals surface area contributed by atoms with Gasteiger partial charge in [-0.1, -0.05) is 60.7 Å². The molecule has 4 rings (SSSR count). The fraction of sp³-hybridized carbons (Fsp3) is 0.269. The van der Waals surface area contributed by atoms with Crippen molar-refractivity contribution in [1.29, 1.82) is 0 Å². The van der Waals surface area contributed by atoms with Gasteiger partial charge in [-0.3, -0.25) is 9.69 Å². The minimum absolute atomic E-state index is 0.0694. The SMILES string of the molecule is CC(C(=O)c1ccccc1)N1CCC(c2ccc(Oc3ccccc3)cc2)CC1. The van der Waals surface area contributed by atoms with Gasteiger partial charge in [0.05, 0.1) is 6.04 Å². The van der Waals surface area contributed by atoms with Crippen molar-refractivity contribution < 1.29 is 9.53 Å². The molecule has 3 nitrogen and oxygen atoms in total. The van der Waals surface area contributed by atoms with E-state index in [1.807, 2.05) is 67.6 Å². The minimum Gasteiger partial charge on any atom is -0.457 e. The first-order chi connectivity index (χ1) is 14.2. The molecule has 0 radical (unpaired) electrons. The lowest BCUT2D eigenvalue weighted by Crippen LogP contribution is -2.43. The number of ether oxygens (including phenoxy) is 1. The van der Waals surface area contributed by atoms with Crippen molar-refractivity contribution >= 4 is 5.78 Å². The van der Waals surface area contributed by atoms with Crippen molar-refractivity contribution in [2.45, 2.75) is 31.7 Å². The third-order valence-electron chi connectivity index (χ3n) is 5.85. The van der Waals surface area contributed by atoms with Crippen molar-refractivity contribution in [3.8, 4) is 11.5 Å². The standard InChI is InChI=1S/C26H27NO2/c1-20(26(28)23-8-4-2-5-9-23)27-18-16-22(17-19-27)21-12-14-25(15-13-21)29-24-10-6-3-7-11-24/h2-15,20,22H,16-19H2,1H3. The highest BCUT2D eigenvalue weighted by Crippen LogP contribution is 2.31. The molecule has 1 heterocycles. The van der Waals surface area contributed by atoms with Crippen molar-refractivity contribution in [3.05, 3.63) is 96.1 Å². The first-order valence-electron chi connectivity index (χ1n) is 10.4. The molecule has 1 atom stereocenters. The maximum Gasteiger partial charge on any atom is 0.179 e. The highest BCUT2D eigenvalue weighted by Gasteiger charge is 2.27. The molecule has 0 aromatic heterocycles. The molecule has 0 spiro atoms. The van der Waals surface area contributed by atoms with Gasteiger partial charge in [0.1, 0.15) is 11.5 Å².